The van der Waals surface area contributed by atoms with Crippen LogP contribution in [0.2, 0.25) is 0 Å². The Morgan fingerprint density at radius 1 is 1.13 bits per heavy atom. The number of oxazole rings is 1. The first-order chi connectivity index (χ1) is 18.9. The number of rotatable bonds is 8. The van der Waals surface area contributed by atoms with Crippen LogP contribution in [0.4, 0.5) is 5.69 Å². The lowest BCUT2D eigenvalue weighted by Gasteiger charge is -2.24. The van der Waals surface area contributed by atoms with E-state index in [1.807, 2.05) is 61.7 Å². The maximum absolute atomic E-state index is 13.7. The van der Waals surface area contributed by atoms with Gasteiger partial charge in [0.15, 0.2) is 0 Å². The van der Waals surface area contributed by atoms with Gasteiger partial charge in [-0.3, -0.25) is 9.48 Å². The molecule has 1 amide bonds. The number of hydrogen-bond donors (Lipinski definition) is 0. The topological polar surface area (TPSA) is 99.7 Å². The van der Waals surface area contributed by atoms with Gasteiger partial charge in [0.25, 0.3) is 0 Å². The summed E-state index contributed by atoms with van der Waals surface area (Å²) in [4.78, 5) is 32.0. The molecule has 0 spiro atoms. The Labute approximate surface area is 226 Å². The zero-order valence-corrected chi connectivity index (χ0v) is 22.4. The molecule has 0 N–H and O–H groups in total. The van der Waals surface area contributed by atoms with Crippen molar-refractivity contribution in [2.75, 3.05) is 18.6 Å². The van der Waals surface area contributed by atoms with Crippen LogP contribution < -0.4 is 9.64 Å². The molecule has 200 valence electrons. The number of amides is 1. The Kier molecular flexibility index (Phi) is 7.31. The Balaban J connectivity index is 1.54. The van der Waals surface area contributed by atoms with Gasteiger partial charge in [0, 0.05) is 17.3 Å². The molecular weight excluding hydrogens is 496 g/mol. The number of hydrogen-bond acceptors (Lipinski definition) is 7. The molecule has 39 heavy (non-hydrogen) atoms. The highest BCUT2D eigenvalue weighted by Crippen LogP contribution is 2.36. The highest BCUT2D eigenvalue weighted by molar-refractivity contribution is 6.06. The van der Waals surface area contributed by atoms with E-state index in [2.05, 4.69) is 10.1 Å². The summed E-state index contributed by atoms with van der Waals surface area (Å²) < 4.78 is 17.8. The average molecular weight is 527 g/mol. The van der Waals surface area contributed by atoms with Crippen molar-refractivity contribution in [3.63, 3.8) is 0 Å². The van der Waals surface area contributed by atoms with Crippen molar-refractivity contribution in [1.82, 2.24) is 14.8 Å². The second-order valence-electron chi connectivity index (χ2n) is 9.36. The van der Waals surface area contributed by atoms with E-state index in [1.54, 1.807) is 42.9 Å². The van der Waals surface area contributed by atoms with Crippen molar-refractivity contribution in [1.29, 1.82) is 0 Å². The lowest BCUT2D eigenvalue weighted by Crippen LogP contribution is -2.30. The molecule has 1 unspecified atom stereocenters. The maximum Gasteiger partial charge on any atom is 0.330 e. The molecule has 1 aliphatic rings. The first-order valence-corrected chi connectivity index (χ1v) is 12.8. The van der Waals surface area contributed by atoms with Gasteiger partial charge in [0.2, 0.25) is 11.8 Å². The largest absolute Gasteiger partial charge is 0.497 e. The third-order valence-corrected chi connectivity index (χ3v) is 6.65. The molecule has 2 aromatic heterocycles. The molecule has 1 aliphatic heterocycles. The van der Waals surface area contributed by atoms with Gasteiger partial charge >= 0.3 is 5.97 Å². The zero-order valence-electron chi connectivity index (χ0n) is 22.4. The van der Waals surface area contributed by atoms with Crippen molar-refractivity contribution in [3.8, 4) is 16.9 Å². The minimum atomic E-state index is -0.553. The summed E-state index contributed by atoms with van der Waals surface area (Å²) >= 11 is 0. The predicted molar refractivity (Wildman–Crippen MR) is 147 cm³/mol. The molecular formula is C30H30N4O5. The molecule has 4 aromatic rings. The Morgan fingerprint density at radius 3 is 2.62 bits per heavy atom. The monoisotopic (exact) mass is 526 g/mol. The average Bonchev–Trinajstić information content (AvgIpc) is 3.58. The van der Waals surface area contributed by atoms with E-state index in [1.165, 1.54) is 0 Å². The number of aryl methyl sites for hydroxylation is 1. The fraction of sp³-hybridized carbons (Fsp3) is 0.267. The van der Waals surface area contributed by atoms with Crippen molar-refractivity contribution in [3.05, 3.63) is 83.8 Å². The number of carbonyl (C=O) groups excluding carboxylic acids is 2. The van der Waals surface area contributed by atoms with Crippen LogP contribution in [0.1, 0.15) is 49.1 Å². The minimum absolute atomic E-state index is 0.0737. The number of anilines is 1. The molecule has 0 saturated heterocycles. The van der Waals surface area contributed by atoms with Gasteiger partial charge in [0.05, 0.1) is 44.8 Å². The number of methoxy groups -OCH3 is 1. The van der Waals surface area contributed by atoms with Gasteiger partial charge in [0.1, 0.15) is 17.6 Å². The standard InChI is InChI=1S/C30H30N4O5/c1-5-38-30(36)20(3)34-18-25(16-32-34)22-8-9-23-12-24(29-31-15-19(2)39-29)14-28(35)33(27(23)13-22)17-21-6-10-26(37-4)11-7-21/h6-13,15-16,18,20H,5,14,17H2,1-4H3. The van der Waals surface area contributed by atoms with E-state index in [-0.39, 0.29) is 18.3 Å². The molecule has 0 fully saturated rings. The molecule has 0 aliphatic carbocycles. The van der Waals surface area contributed by atoms with Crippen molar-refractivity contribution in [2.24, 2.45) is 0 Å². The fourth-order valence-electron chi connectivity index (χ4n) is 4.51. The van der Waals surface area contributed by atoms with Gasteiger partial charge in [-0.2, -0.15) is 5.10 Å². The summed E-state index contributed by atoms with van der Waals surface area (Å²) in [6.45, 7) is 6.04. The number of nitrogens with zero attached hydrogens (tertiary/aromatic N) is 4. The van der Waals surface area contributed by atoms with Crippen LogP contribution in [0.3, 0.4) is 0 Å². The number of ether oxygens (including phenoxy) is 2. The van der Waals surface area contributed by atoms with Crippen molar-refractivity contribution >= 4 is 29.2 Å². The van der Waals surface area contributed by atoms with E-state index in [4.69, 9.17) is 13.9 Å². The maximum atomic E-state index is 13.7. The second-order valence-corrected chi connectivity index (χ2v) is 9.36. The highest BCUT2D eigenvalue weighted by atomic mass is 16.5. The van der Waals surface area contributed by atoms with Gasteiger partial charge in [-0.25, -0.2) is 9.78 Å². The third-order valence-electron chi connectivity index (χ3n) is 6.65. The quantitative estimate of drug-likeness (QED) is 0.281. The molecule has 0 saturated carbocycles. The SMILES string of the molecule is CCOC(=O)C(C)n1cc(-c2ccc3c(c2)N(Cc2ccc(OC)cc2)C(=O)CC(c2ncc(C)o2)=C3)cn1. The van der Waals surface area contributed by atoms with E-state index >= 15 is 0 Å². The number of benzene rings is 2. The Bertz CT molecular complexity index is 1530. The first kappa shape index (κ1) is 26.0. The van der Waals surface area contributed by atoms with E-state index in [0.717, 1.165) is 39.3 Å². The molecule has 2 aromatic carbocycles. The van der Waals surface area contributed by atoms with Crippen LogP contribution in [0.5, 0.6) is 5.75 Å². The highest BCUT2D eigenvalue weighted by Gasteiger charge is 2.27. The number of fused-ring (bicyclic) bond motifs is 1. The van der Waals surface area contributed by atoms with Crippen molar-refractivity contribution in [2.45, 2.75) is 39.8 Å². The smallest absolute Gasteiger partial charge is 0.330 e. The third kappa shape index (κ3) is 5.47. The molecule has 3 heterocycles. The normalized spacial score (nSPS) is 13.9. The van der Waals surface area contributed by atoms with E-state index in [0.29, 0.717) is 24.8 Å². The molecule has 0 radical (unpaired) electrons. The summed E-state index contributed by atoms with van der Waals surface area (Å²) in [5, 5.41) is 4.39. The summed E-state index contributed by atoms with van der Waals surface area (Å²) in [7, 11) is 1.62. The second kappa shape index (κ2) is 11.0. The predicted octanol–water partition coefficient (Wildman–Crippen LogP) is 5.46. The molecule has 9 heteroatoms. The van der Waals surface area contributed by atoms with Crippen LogP contribution >= 0.6 is 0 Å². The van der Waals surface area contributed by atoms with Crippen LogP contribution in [0.25, 0.3) is 22.8 Å². The minimum Gasteiger partial charge on any atom is -0.497 e. The molecule has 5 rings (SSSR count). The Morgan fingerprint density at radius 2 is 1.92 bits per heavy atom. The van der Waals surface area contributed by atoms with Gasteiger partial charge in [-0.15, -0.1) is 0 Å². The lowest BCUT2D eigenvalue weighted by atomic mass is 10.0. The number of carbonyl (C=O) groups is 2. The van der Waals surface area contributed by atoms with Crippen molar-refractivity contribution < 1.29 is 23.5 Å². The fourth-order valence-corrected chi connectivity index (χ4v) is 4.51. The number of esters is 1. The van der Waals surface area contributed by atoms with Gasteiger partial charge < -0.3 is 18.8 Å². The Hall–Kier alpha value is -4.66. The van der Waals surface area contributed by atoms with Crippen LogP contribution in [-0.4, -0.2) is 40.4 Å². The molecule has 9 nitrogen and oxygen atoms in total. The van der Waals surface area contributed by atoms with Crippen LogP contribution in [-0.2, 0) is 20.9 Å². The number of aromatic nitrogens is 3. The lowest BCUT2D eigenvalue weighted by molar-refractivity contribution is -0.146. The van der Waals surface area contributed by atoms with Crippen LogP contribution in [0, 0.1) is 6.92 Å². The van der Waals surface area contributed by atoms with Crippen LogP contribution in [0.15, 0.2) is 65.5 Å². The van der Waals surface area contributed by atoms with E-state index in [9.17, 15) is 9.59 Å². The molecule has 1 atom stereocenters. The summed E-state index contributed by atoms with van der Waals surface area (Å²) in [6, 6.07) is 13.0. The molecule has 0 bridgehead atoms. The summed E-state index contributed by atoms with van der Waals surface area (Å²) in [5.74, 6) is 1.46. The van der Waals surface area contributed by atoms with E-state index < -0.39 is 6.04 Å². The first-order valence-electron chi connectivity index (χ1n) is 12.8. The van der Waals surface area contributed by atoms with Gasteiger partial charge in [-0.05, 0) is 61.7 Å². The summed E-state index contributed by atoms with van der Waals surface area (Å²) in [6.07, 6.45) is 7.28. The van der Waals surface area contributed by atoms with Gasteiger partial charge in [-0.1, -0.05) is 24.3 Å². The summed E-state index contributed by atoms with van der Waals surface area (Å²) in [5.41, 5.74) is 5.01. The zero-order chi connectivity index (χ0) is 27.5.